The minimum atomic E-state index is -4.72. The summed E-state index contributed by atoms with van der Waals surface area (Å²) in [5.74, 6) is -2.41. The number of phosphoric ester groups is 1. The van der Waals surface area contributed by atoms with Crippen molar-refractivity contribution in [1.82, 2.24) is 5.32 Å². The Labute approximate surface area is 240 Å². The molecule has 1 amide bonds. The standard InChI is InChI=1S/C28H54NO10P/c1-3-5-7-8-9-10-11-12-13-14-15-16-17-18-19-26(31)29-25(28(33)34)23-39-40(35,36)38-22-24(30)21-37-27(32)20-6-4-2/h24-25,30H,3-23H2,1-2H3,(H,29,31)(H,33,34)(H,35,36). The van der Waals surface area contributed by atoms with E-state index in [0.717, 1.165) is 25.7 Å². The zero-order chi connectivity index (χ0) is 30.1. The Balaban J connectivity index is 3.99. The number of carboxylic acids is 1. The maximum absolute atomic E-state index is 12.1. The average molecular weight is 596 g/mol. The summed E-state index contributed by atoms with van der Waals surface area (Å²) < 4.78 is 26.2. The summed E-state index contributed by atoms with van der Waals surface area (Å²) in [4.78, 5) is 44.8. The fourth-order valence-corrected chi connectivity index (χ4v) is 4.71. The van der Waals surface area contributed by atoms with Gasteiger partial charge in [0.15, 0.2) is 6.04 Å². The van der Waals surface area contributed by atoms with Crippen molar-refractivity contribution in [2.24, 2.45) is 0 Å². The second-order valence-electron chi connectivity index (χ2n) is 10.3. The van der Waals surface area contributed by atoms with Gasteiger partial charge in [0, 0.05) is 12.8 Å². The number of unbranched alkanes of at least 4 members (excludes halogenated alkanes) is 14. The summed E-state index contributed by atoms with van der Waals surface area (Å²) in [5, 5.41) is 21.4. The van der Waals surface area contributed by atoms with E-state index in [-0.39, 0.29) is 12.8 Å². The molecule has 4 N–H and O–H groups in total. The van der Waals surface area contributed by atoms with Gasteiger partial charge in [-0.25, -0.2) is 9.36 Å². The molecule has 0 fully saturated rings. The van der Waals surface area contributed by atoms with Crippen LogP contribution in [0.1, 0.15) is 129 Å². The number of esters is 1. The van der Waals surface area contributed by atoms with Gasteiger partial charge in [0.05, 0.1) is 13.2 Å². The number of nitrogens with one attached hydrogen (secondary N) is 1. The molecule has 0 radical (unpaired) electrons. The van der Waals surface area contributed by atoms with Crippen molar-refractivity contribution in [3.05, 3.63) is 0 Å². The molecule has 0 saturated carbocycles. The van der Waals surface area contributed by atoms with Gasteiger partial charge in [-0.15, -0.1) is 0 Å². The van der Waals surface area contributed by atoms with Crippen LogP contribution in [0.4, 0.5) is 0 Å². The number of rotatable bonds is 28. The molecule has 0 aliphatic carbocycles. The predicted molar refractivity (Wildman–Crippen MR) is 153 cm³/mol. The lowest BCUT2D eigenvalue weighted by molar-refractivity contribution is -0.147. The Morgan fingerprint density at radius 2 is 1.18 bits per heavy atom. The van der Waals surface area contributed by atoms with Crippen LogP contribution in [0, 0.1) is 0 Å². The molecule has 236 valence electrons. The molecule has 3 unspecified atom stereocenters. The highest BCUT2D eigenvalue weighted by Crippen LogP contribution is 2.43. The van der Waals surface area contributed by atoms with Crippen LogP contribution in [-0.2, 0) is 32.7 Å². The van der Waals surface area contributed by atoms with Crippen LogP contribution < -0.4 is 5.32 Å². The van der Waals surface area contributed by atoms with Crippen molar-refractivity contribution in [3.8, 4) is 0 Å². The van der Waals surface area contributed by atoms with Gasteiger partial charge in [-0.2, -0.15) is 0 Å². The van der Waals surface area contributed by atoms with E-state index >= 15 is 0 Å². The number of phosphoric acid groups is 1. The molecule has 11 nitrogen and oxygen atoms in total. The van der Waals surface area contributed by atoms with Crippen molar-refractivity contribution in [2.75, 3.05) is 19.8 Å². The van der Waals surface area contributed by atoms with E-state index in [2.05, 4.69) is 21.3 Å². The van der Waals surface area contributed by atoms with E-state index in [1.165, 1.54) is 64.2 Å². The van der Waals surface area contributed by atoms with Gasteiger partial charge < -0.3 is 25.2 Å². The highest BCUT2D eigenvalue weighted by Gasteiger charge is 2.28. The average Bonchev–Trinajstić information content (AvgIpc) is 2.91. The van der Waals surface area contributed by atoms with Crippen LogP contribution in [-0.4, -0.2) is 64.9 Å². The number of hydrogen-bond acceptors (Lipinski definition) is 8. The number of carbonyl (C=O) groups excluding carboxylic acids is 2. The Bertz CT molecular complexity index is 721. The maximum atomic E-state index is 12.1. The Morgan fingerprint density at radius 3 is 1.68 bits per heavy atom. The molecule has 0 spiro atoms. The third-order valence-electron chi connectivity index (χ3n) is 6.40. The summed E-state index contributed by atoms with van der Waals surface area (Å²) in [6.07, 6.45) is 17.1. The molecule has 12 heteroatoms. The van der Waals surface area contributed by atoms with Crippen molar-refractivity contribution in [3.63, 3.8) is 0 Å². The molecular formula is C28H54NO10P. The molecule has 0 rings (SSSR count). The molecule has 0 aromatic rings. The van der Waals surface area contributed by atoms with Gasteiger partial charge in [0.2, 0.25) is 5.91 Å². The molecule has 0 heterocycles. The first-order chi connectivity index (χ1) is 19.1. The van der Waals surface area contributed by atoms with Gasteiger partial charge in [-0.3, -0.25) is 18.6 Å². The topological polar surface area (TPSA) is 169 Å². The largest absolute Gasteiger partial charge is 0.480 e. The van der Waals surface area contributed by atoms with E-state index in [1.807, 2.05) is 6.92 Å². The van der Waals surface area contributed by atoms with Gasteiger partial charge >= 0.3 is 19.8 Å². The number of carboxylic acid groups (broad SMARTS) is 1. The van der Waals surface area contributed by atoms with Crippen LogP contribution in [0.5, 0.6) is 0 Å². The zero-order valence-corrected chi connectivity index (χ0v) is 25.5. The minimum absolute atomic E-state index is 0.151. The number of carbonyl (C=O) groups is 3. The lowest BCUT2D eigenvalue weighted by Crippen LogP contribution is -2.43. The number of ether oxygens (including phenoxy) is 1. The van der Waals surface area contributed by atoms with Crippen molar-refractivity contribution in [2.45, 2.75) is 142 Å². The van der Waals surface area contributed by atoms with Crippen molar-refractivity contribution >= 4 is 25.7 Å². The summed E-state index contributed by atoms with van der Waals surface area (Å²) in [6.45, 7) is 2.26. The number of amides is 1. The lowest BCUT2D eigenvalue weighted by Gasteiger charge is -2.18. The Hall–Kier alpha value is -1.52. The SMILES string of the molecule is CCCCCCCCCCCCCCCCC(=O)NC(COP(=O)(O)OCC(O)COC(=O)CCCC)C(=O)O. The summed E-state index contributed by atoms with van der Waals surface area (Å²) in [5.41, 5.74) is 0. The number of hydrogen-bond donors (Lipinski definition) is 4. The highest BCUT2D eigenvalue weighted by molar-refractivity contribution is 7.47. The van der Waals surface area contributed by atoms with E-state index in [0.29, 0.717) is 12.8 Å². The smallest absolute Gasteiger partial charge is 0.472 e. The molecule has 0 aliphatic rings. The minimum Gasteiger partial charge on any atom is -0.480 e. The van der Waals surface area contributed by atoms with E-state index < -0.39 is 57.6 Å². The van der Waals surface area contributed by atoms with Crippen molar-refractivity contribution < 1.29 is 47.8 Å². The van der Waals surface area contributed by atoms with Crippen LogP contribution in [0.15, 0.2) is 0 Å². The quantitative estimate of drug-likeness (QED) is 0.0503. The zero-order valence-electron chi connectivity index (χ0n) is 24.7. The van der Waals surface area contributed by atoms with E-state index in [4.69, 9.17) is 4.74 Å². The summed E-state index contributed by atoms with van der Waals surface area (Å²) in [7, 11) is -4.72. The third-order valence-corrected chi connectivity index (χ3v) is 7.35. The molecule has 0 aromatic heterocycles. The Kier molecular flexibility index (Phi) is 24.3. The van der Waals surface area contributed by atoms with Crippen LogP contribution in [0.25, 0.3) is 0 Å². The van der Waals surface area contributed by atoms with Crippen LogP contribution >= 0.6 is 7.82 Å². The lowest BCUT2D eigenvalue weighted by atomic mass is 10.0. The first-order valence-electron chi connectivity index (χ1n) is 15.1. The number of aliphatic carboxylic acids is 1. The maximum Gasteiger partial charge on any atom is 0.472 e. The van der Waals surface area contributed by atoms with Crippen LogP contribution in [0.2, 0.25) is 0 Å². The molecule has 0 aliphatic heterocycles. The first kappa shape index (κ1) is 38.5. The van der Waals surface area contributed by atoms with E-state index in [9.17, 15) is 34.1 Å². The van der Waals surface area contributed by atoms with Crippen LogP contribution in [0.3, 0.4) is 0 Å². The number of aliphatic hydroxyl groups excluding tert-OH is 1. The van der Waals surface area contributed by atoms with Gasteiger partial charge in [0.1, 0.15) is 12.7 Å². The van der Waals surface area contributed by atoms with Gasteiger partial charge in [-0.1, -0.05) is 104 Å². The third kappa shape index (κ3) is 24.3. The normalized spacial score (nSPS) is 14.3. The summed E-state index contributed by atoms with van der Waals surface area (Å²) >= 11 is 0. The van der Waals surface area contributed by atoms with E-state index in [1.54, 1.807) is 0 Å². The van der Waals surface area contributed by atoms with Gasteiger partial charge in [-0.05, 0) is 12.8 Å². The first-order valence-corrected chi connectivity index (χ1v) is 16.6. The highest BCUT2D eigenvalue weighted by atomic mass is 31.2. The molecule has 40 heavy (non-hydrogen) atoms. The predicted octanol–water partition coefficient (Wildman–Crippen LogP) is 5.66. The molecule has 3 atom stereocenters. The van der Waals surface area contributed by atoms with Gasteiger partial charge in [0.25, 0.3) is 0 Å². The molecule has 0 aromatic carbocycles. The molecule has 0 bridgehead atoms. The molecule has 0 saturated heterocycles. The number of aliphatic hydroxyl groups is 1. The second-order valence-corrected chi connectivity index (χ2v) is 11.8. The fraction of sp³-hybridized carbons (Fsp3) is 0.893. The fourth-order valence-electron chi connectivity index (χ4n) is 3.94. The second kappa shape index (κ2) is 25.2. The Morgan fingerprint density at radius 1 is 0.700 bits per heavy atom. The van der Waals surface area contributed by atoms with Crippen molar-refractivity contribution in [1.29, 1.82) is 0 Å². The monoisotopic (exact) mass is 595 g/mol. The molecular weight excluding hydrogens is 541 g/mol. The summed E-state index contributed by atoms with van der Waals surface area (Å²) in [6, 6.07) is -1.53.